The first-order valence-electron chi connectivity index (χ1n) is 7.52. The van der Waals surface area contributed by atoms with Crippen LogP contribution in [0.4, 0.5) is 9.05 Å². The second kappa shape index (κ2) is 8.50. The highest BCUT2D eigenvalue weighted by atomic mass is 31.2. The maximum absolute atomic E-state index is 13.6. The maximum atomic E-state index is 13.6. The van der Waals surface area contributed by atoms with Crippen molar-refractivity contribution in [3.8, 4) is 0 Å². The molecule has 0 bridgehead atoms. The van der Waals surface area contributed by atoms with Gasteiger partial charge in [0, 0.05) is 0 Å². The summed E-state index contributed by atoms with van der Waals surface area (Å²) in [6.45, 7) is 12.3. The molecule has 0 aliphatic heterocycles. The summed E-state index contributed by atoms with van der Waals surface area (Å²) in [5.74, 6) is -1.61. The largest absolute Gasteiger partial charge is 0.412 e. The highest BCUT2D eigenvalue weighted by Gasteiger charge is 2.70. The van der Waals surface area contributed by atoms with Gasteiger partial charge < -0.3 is 9.05 Å². The average molecular weight is 380 g/mol. The molecule has 0 saturated carbocycles. The van der Waals surface area contributed by atoms with Crippen molar-refractivity contribution in [2.24, 2.45) is 11.8 Å². The molecule has 10 heteroatoms. The summed E-state index contributed by atoms with van der Waals surface area (Å²) in [5.41, 5.74) is 0. The predicted molar refractivity (Wildman–Crippen MR) is 84.4 cm³/mol. The van der Waals surface area contributed by atoms with E-state index < -0.39 is 44.1 Å². The van der Waals surface area contributed by atoms with Gasteiger partial charge in [-0.25, -0.2) is 0 Å². The van der Waals surface area contributed by atoms with Crippen LogP contribution in [0.2, 0.25) is 0 Å². The van der Waals surface area contributed by atoms with Crippen molar-refractivity contribution in [2.45, 2.75) is 72.5 Å². The van der Waals surface area contributed by atoms with E-state index in [4.69, 9.17) is 9.05 Å². The fourth-order valence-corrected chi connectivity index (χ4v) is 8.89. The molecule has 0 spiro atoms. The van der Waals surface area contributed by atoms with Crippen LogP contribution in [0.1, 0.15) is 55.4 Å². The third kappa shape index (κ3) is 4.23. The third-order valence-corrected chi connectivity index (χ3v) is 10.5. The standard InChI is InChI=1S/C13H28F2O6P2/c1-9(2)13(10(3)4,23(17,20-14)21-15)22(16,18-11(5)6)19-12(7)8/h9-12H,1-8H3. The number of hydrogen-bond acceptors (Lipinski definition) is 6. The zero-order valence-corrected chi connectivity index (χ0v) is 16.7. The lowest BCUT2D eigenvalue weighted by atomic mass is 9.99. The van der Waals surface area contributed by atoms with E-state index in [2.05, 4.69) is 9.46 Å². The van der Waals surface area contributed by atoms with Gasteiger partial charge in [-0.2, -0.15) is 0 Å². The Kier molecular flexibility index (Phi) is 8.56. The molecule has 0 aromatic heterocycles. The first-order valence-corrected chi connectivity index (χ1v) is 10.6. The van der Waals surface area contributed by atoms with Crippen LogP contribution >= 0.6 is 15.2 Å². The van der Waals surface area contributed by atoms with Crippen molar-refractivity contribution in [1.82, 2.24) is 0 Å². The highest BCUT2D eigenvalue weighted by molar-refractivity contribution is 7.74. The molecule has 0 heterocycles. The van der Waals surface area contributed by atoms with E-state index in [1.165, 1.54) is 27.7 Å². The zero-order chi connectivity index (χ0) is 18.6. The van der Waals surface area contributed by atoms with Gasteiger partial charge in [-0.3, -0.25) is 9.13 Å². The molecule has 0 radical (unpaired) electrons. The van der Waals surface area contributed by atoms with Crippen LogP contribution in [0, 0.1) is 11.8 Å². The molecule has 0 atom stereocenters. The third-order valence-electron chi connectivity index (χ3n) is 3.46. The van der Waals surface area contributed by atoms with Gasteiger partial charge in [-0.1, -0.05) is 27.7 Å². The molecule has 0 amide bonds. The Hall–Kier alpha value is 0.160. The van der Waals surface area contributed by atoms with E-state index in [9.17, 15) is 18.2 Å². The Morgan fingerprint density at radius 2 is 1.00 bits per heavy atom. The summed E-state index contributed by atoms with van der Waals surface area (Å²) >= 11 is 0. The predicted octanol–water partition coefficient (Wildman–Crippen LogP) is 6.03. The molecule has 0 N–H and O–H groups in total. The van der Waals surface area contributed by atoms with Gasteiger partial charge in [0.1, 0.15) is 0 Å². The number of hydrogen-bond donors (Lipinski definition) is 0. The van der Waals surface area contributed by atoms with E-state index in [0.717, 1.165) is 0 Å². The molecule has 0 rings (SSSR count). The highest BCUT2D eigenvalue weighted by Crippen LogP contribution is 2.83. The van der Waals surface area contributed by atoms with Crippen LogP contribution in [0.25, 0.3) is 0 Å². The summed E-state index contributed by atoms with van der Waals surface area (Å²) in [7, 11) is -9.45. The SMILES string of the molecule is CC(C)OP(=O)(OC(C)C)C(C(C)C)(C(C)C)P(=O)(OF)OF. The van der Waals surface area contributed by atoms with Crippen molar-refractivity contribution < 1.29 is 36.7 Å². The minimum absolute atomic E-state index is 0.607. The van der Waals surface area contributed by atoms with Crippen LogP contribution < -0.4 is 0 Å². The van der Waals surface area contributed by atoms with Crippen LogP contribution in [0.3, 0.4) is 0 Å². The van der Waals surface area contributed by atoms with Gasteiger partial charge >= 0.3 is 15.2 Å². The summed E-state index contributed by atoms with van der Waals surface area (Å²) in [6, 6.07) is 0. The molecule has 0 aromatic rings. The van der Waals surface area contributed by atoms with Crippen molar-refractivity contribution >= 4 is 15.2 Å². The van der Waals surface area contributed by atoms with Gasteiger partial charge in [0.2, 0.25) is 0 Å². The molecule has 0 aliphatic rings. The fourth-order valence-electron chi connectivity index (χ4n) is 2.95. The molecule has 6 nitrogen and oxygen atoms in total. The van der Waals surface area contributed by atoms with Gasteiger partial charge in [-0.05, 0) is 48.6 Å². The monoisotopic (exact) mass is 380 g/mol. The summed E-state index contributed by atoms with van der Waals surface area (Å²) < 4.78 is 70.3. The lowest BCUT2D eigenvalue weighted by molar-refractivity contribution is -0.0968. The van der Waals surface area contributed by atoms with Crippen LogP contribution in [-0.2, 0) is 27.6 Å². The Bertz CT molecular complexity index is 437. The van der Waals surface area contributed by atoms with Crippen LogP contribution in [0.15, 0.2) is 0 Å². The first-order chi connectivity index (χ1) is 10.3. The van der Waals surface area contributed by atoms with E-state index in [-0.39, 0.29) is 0 Å². The van der Waals surface area contributed by atoms with Crippen molar-refractivity contribution in [1.29, 1.82) is 0 Å². The second-order valence-corrected chi connectivity index (χ2v) is 11.1. The van der Waals surface area contributed by atoms with Gasteiger partial charge in [0.05, 0.1) is 12.2 Å². The quantitative estimate of drug-likeness (QED) is 0.431. The molecule has 23 heavy (non-hydrogen) atoms. The van der Waals surface area contributed by atoms with Crippen LogP contribution in [0.5, 0.6) is 0 Å². The topological polar surface area (TPSA) is 71.1 Å². The Balaban J connectivity index is 6.70. The molecule has 140 valence electrons. The minimum Gasteiger partial charge on any atom is -0.305 e. The first kappa shape index (κ1) is 23.2. The smallest absolute Gasteiger partial charge is 0.305 e. The molecule has 0 unspecified atom stereocenters. The van der Waals surface area contributed by atoms with E-state index in [1.807, 2.05) is 0 Å². The molecular formula is C13H28F2O6P2. The lowest BCUT2D eigenvalue weighted by Crippen LogP contribution is -2.43. The molecule has 0 aliphatic carbocycles. The summed E-state index contributed by atoms with van der Waals surface area (Å²) in [6.07, 6.45) is -1.21. The van der Waals surface area contributed by atoms with Gasteiger partial charge in [0.25, 0.3) is 0 Å². The van der Waals surface area contributed by atoms with Crippen molar-refractivity contribution in [2.75, 3.05) is 0 Å². The van der Waals surface area contributed by atoms with Crippen molar-refractivity contribution in [3.05, 3.63) is 0 Å². The Morgan fingerprint density at radius 3 is 1.17 bits per heavy atom. The van der Waals surface area contributed by atoms with Gasteiger partial charge in [-0.15, -0.1) is 9.46 Å². The molecular weight excluding hydrogens is 352 g/mol. The normalized spacial score (nSPS) is 14.5. The maximum Gasteiger partial charge on any atom is 0.412 e. The van der Waals surface area contributed by atoms with E-state index >= 15 is 0 Å². The molecule has 0 fully saturated rings. The molecule has 0 aromatic carbocycles. The molecule has 0 saturated heterocycles. The fraction of sp³-hybridized carbons (Fsp3) is 1.00. The van der Waals surface area contributed by atoms with E-state index in [1.54, 1.807) is 27.7 Å². The lowest BCUT2D eigenvalue weighted by Gasteiger charge is -2.45. The Labute approximate surface area is 137 Å². The second-order valence-electron chi connectivity index (χ2n) is 6.53. The Morgan fingerprint density at radius 1 is 0.696 bits per heavy atom. The van der Waals surface area contributed by atoms with Crippen LogP contribution in [-0.4, -0.2) is 17.1 Å². The van der Waals surface area contributed by atoms with Crippen molar-refractivity contribution in [3.63, 3.8) is 0 Å². The van der Waals surface area contributed by atoms with E-state index in [0.29, 0.717) is 0 Å². The zero-order valence-electron chi connectivity index (χ0n) is 14.9. The number of halogens is 2. The summed E-state index contributed by atoms with van der Waals surface area (Å²) in [4.78, 5) is -2.15. The average Bonchev–Trinajstić information content (AvgIpc) is 2.35. The number of rotatable bonds is 10. The minimum atomic E-state index is -5.11. The van der Waals surface area contributed by atoms with Gasteiger partial charge in [0.15, 0.2) is 4.90 Å². The summed E-state index contributed by atoms with van der Waals surface area (Å²) in [5, 5.41) is 0.